The Hall–Kier alpha value is -2.70. The number of benzene rings is 1. The van der Waals surface area contributed by atoms with Gasteiger partial charge in [-0.2, -0.15) is 0 Å². The number of likely N-dealkylation sites (N-methyl/N-ethyl adjacent to an activating group) is 1. The van der Waals surface area contributed by atoms with E-state index in [1.54, 1.807) is 6.07 Å². The van der Waals surface area contributed by atoms with Crippen molar-refractivity contribution in [2.24, 2.45) is 0 Å². The Balaban J connectivity index is 2.67. The fraction of sp³-hybridized carbons (Fsp3) is 0.231. The molecule has 0 radical (unpaired) electrons. The lowest BCUT2D eigenvalue weighted by atomic mass is 10.2. The molecule has 0 saturated carbocycles. The van der Waals surface area contributed by atoms with Gasteiger partial charge in [-0.05, 0) is 11.6 Å². The molecule has 1 N–H and O–H groups in total. The third-order valence-corrected chi connectivity index (χ3v) is 2.54. The molecule has 0 aliphatic heterocycles. The maximum absolute atomic E-state index is 11.7. The highest BCUT2D eigenvalue weighted by Gasteiger charge is 2.08. The van der Waals surface area contributed by atoms with E-state index in [-0.39, 0.29) is 24.6 Å². The maximum atomic E-state index is 11.7. The molecule has 0 aliphatic rings. The molecule has 7 heteroatoms. The molecule has 0 aromatic heterocycles. The van der Waals surface area contributed by atoms with Crippen LogP contribution in [0.2, 0.25) is 0 Å². The van der Waals surface area contributed by atoms with E-state index in [4.69, 9.17) is 5.11 Å². The molecule has 0 fully saturated rings. The molecule has 1 rings (SSSR count). The minimum Gasteiger partial charge on any atom is -0.481 e. The number of amides is 1. The van der Waals surface area contributed by atoms with Crippen molar-refractivity contribution in [3.63, 3.8) is 0 Å². The first-order valence-corrected chi connectivity index (χ1v) is 5.79. The third kappa shape index (κ3) is 4.89. The van der Waals surface area contributed by atoms with E-state index in [1.807, 2.05) is 0 Å². The topological polar surface area (TPSA) is 101 Å². The van der Waals surface area contributed by atoms with Crippen molar-refractivity contribution in [3.8, 4) is 0 Å². The lowest BCUT2D eigenvalue weighted by Gasteiger charge is -2.13. The average Bonchev–Trinajstić information content (AvgIpc) is 2.42. The van der Waals surface area contributed by atoms with Crippen LogP contribution in [0, 0.1) is 10.1 Å². The van der Waals surface area contributed by atoms with Crippen LogP contribution in [0.4, 0.5) is 5.69 Å². The van der Waals surface area contributed by atoms with Gasteiger partial charge in [-0.25, -0.2) is 0 Å². The van der Waals surface area contributed by atoms with Crippen molar-refractivity contribution < 1.29 is 19.6 Å². The second-order valence-electron chi connectivity index (χ2n) is 4.09. The van der Waals surface area contributed by atoms with Crippen LogP contribution >= 0.6 is 0 Å². The summed E-state index contributed by atoms with van der Waals surface area (Å²) in [6.45, 7) is 0.105. The number of carbonyl (C=O) groups excluding carboxylic acids is 1. The van der Waals surface area contributed by atoms with Crippen LogP contribution in [0.5, 0.6) is 0 Å². The largest absolute Gasteiger partial charge is 0.481 e. The number of nitro benzene ring substituents is 1. The van der Waals surface area contributed by atoms with Gasteiger partial charge in [0, 0.05) is 31.8 Å². The third-order valence-electron chi connectivity index (χ3n) is 2.54. The van der Waals surface area contributed by atoms with Crippen LogP contribution in [0.1, 0.15) is 12.0 Å². The first-order chi connectivity index (χ1) is 9.40. The zero-order valence-corrected chi connectivity index (χ0v) is 10.9. The summed E-state index contributed by atoms with van der Waals surface area (Å²) in [5, 5.41) is 19.1. The van der Waals surface area contributed by atoms with Crippen molar-refractivity contribution in [2.45, 2.75) is 6.42 Å². The molecule has 0 atom stereocenters. The van der Waals surface area contributed by atoms with Crippen molar-refractivity contribution >= 4 is 23.6 Å². The average molecular weight is 278 g/mol. The van der Waals surface area contributed by atoms with Crippen LogP contribution in [-0.2, 0) is 9.59 Å². The summed E-state index contributed by atoms with van der Waals surface area (Å²) in [4.78, 5) is 33.4. The summed E-state index contributed by atoms with van der Waals surface area (Å²) < 4.78 is 0. The highest BCUT2D eigenvalue weighted by Crippen LogP contribution is 2.14. The number of aliphatic carboxylic acids is 1. The predicted molar refractivity (Wildman–Crippen MR) is 72.0 cm³/mol. The lowest BCUT2D eigenvalue weighted by molar-refractivity contribution is -0.384. The van der Waals surface area contributed by atoms with Crippen LogP contribution in [0.3, 0.4) is 0 Å². The standard InChI is InChI=1S/C13H14N2O5/c1-14(8-7-13(17)18)12(16)6-5-10-3-2-4-11(9-10)15(19)20/h2-6,9H,7-8H2,1H3,(H,17,18). The van der Waals surface area contributed by atoms with Crippen LogP contribution in [0.25, 0.3) is 6.08 Å². The van der Waals surface area contributed by atoms with E-state index < -0.39 is 10.9 Å². The van der Waals surface area contributed by atoms with Gasteiger partial charge in [-0.3, -0.25) is 19.7 Å². The number of nitrogens with zero attached hydrogens (tertiary/aromatic N) is 2. The SMILES string of the molecule is CN(CCC(=O)O)C(=O)C=Cc1cccc([N+](=O)[O-])c1. The van der Waals surface area contributed by atoms with Gasteiger partial charge in [0.25, 0.3) is 5.69 Å². The predicted octanol–water partition coefficient (Wildman–Crippen LogP) is 1.54. The molecule has 106 valence electrons. The Morgan fingerprint density at radius 1 is 1.45 bits per heavy atom. The van der Waals surface area contributed by atoms with Gasteiger partial charge in [0.2, 0.25) is 5.91 Å². The van der Waals surface area contributed by atoms with E-state index >= 15 is 0 Å². The van der Waals surface area contributed by atoms with Gasteiger partial charge in [-0.1, -0.05) is 12.1 Å². The Kier molecular flexibility index (Phi) is 5.40. The number of rotatable bonds is 6. The van der Waals surface area contributed by atoms with E-state index in [2.05, 4.69) is 0 Å². The molecular formula is C13H14N2O5. The molecule has 0 spiro atoms. The second kappa shape index (κ2) is 7.03. The van der Waals surface area contributed by atoms with Crippen LogP contribution in [-0.4, -0.2) is 40.4 Å². The van der Waals surface area contributed by atoms with Gasteiger partial charge >= 0.3 is 5.97 Å². The van der Waals surface area contributed by atoms with Crippen LogP contribution in [0.15, 0.2) is 30.3 Å². The minimum atomic E-state index is -0.979. The molecule has 20 heavy (non-hydrogen) atoms. The van der Waals surface area contributed by atoms with Gasteiger partial charge in [0.05, 0.1) is 11.3 Å². The normalized spacial score (nSPS) is 10.4. The van der Waals surface area contributed by atoms with E-state index in [9.17, 15) is 19.7 Å². The highest BCUT2D eigenvalue weighted by molar-refractivity contribution is 5.91. The Morgan fingerprint density at radius 3 is 2.75 bits per heavy atom. The molecule has 1 amide bonds. The molecular weight excluding hydrogens is 264 g/mol. The summed E-state index contributed by atoms with van der Waals surface area (Å²) in [5.74, 6) is -1.34. The second-order valence-corrected chi connectivity index (χ2v) is 4.09. The number of nitro groups is 1. The Morgan fingerprint density at radius 2 is 2.15 bits per heavy atom. The maximum Gasteiger partial charge on any atom is 0.305 e. The summed E-state index contributed by atoms with van der Waals surface area (Å²) in [5.41, 5.74) is 0.470. The van der Waals surface area contributed by atoms with E-state index in [0.717, 1.165) is 0 Å². The first-order valence-electron chi connectivity index (χ1n) is 5.79. The molecule has 0 unspecified atom stereocenters. The molecule has 1 aromatic rings. The monoisotopic (exact) mass is 278 g/mol. The molecule has 0 aliphatic carbocycles. The minimum absolute atomic E-state index is 0.0566. The van der Waals surface area contributed by atoms with Gasteiger partial charge in [-0.15, -0.1) is 0 Å². The molecule has 1 aromatic carbocycles. The summed E-state index contributed by atoms with van der Waals surface area (Å²) in [6.07, 6.45) is 2.57. The number of hydrogen-bond donors (Lipinski definition) is 1. The Labute approximate surface area is 115 Å². The van der Waals surface area contributed by atoms with Crippen LogP contribution < -0.4 is 0 Å². The fourth-order valence-corrected chi connectivity index (χ4v) is 1.41. The fourth-order valence-electron chi connectivity index (χ4n) is 1.41. The van der Waals surface area contributed by atoms with E-state index in [1.165, 1.54) is 42.3 Å². The van der Waals surface area contributed by atoms with E-state index in [0.29, 0.717) is 5.56 Å². The number of carboxylic acid groups (broad SMARTS) is 1. The zero-order chi connectivity index (χ0) is 15.1. The number of non-ortho nitro benzene ring substituents is 1. The molecule has 0 heterocycles. The van der Waals surface area contributed by atoms with Gasteiger partial charge in [0.15, 0.2) is 0 Å². The van der Waals surface area contributed by atoms with Crippen molar-refractivity contribution in [1.29, 1.82) is 0 Å². The quantitative estimate of drug-likeness (QED) is 0.483. The molecule has 0 bridgehead atoms. The summed E-state index contributed by atoms with van der Waals surface area (Å²) in [7, 11) is 1.49. The first kappa shape index (κ1) is 15.4. The number of hydrogen-bond acceptors (Lipinski definition) is 4. The molecule has 7 nitrogen and oxygen atoms in total. The zero-order valence-electron chi connectivity index (χ0n) is 10.9. The van der Waals surface area contributed by atoms with Gasteiger partial charge < -0.3 is 10.0 Å². The number of carbonyl (C=O) groups is 2. The van der Waals surface area contributed by atoms with Crippen molar-refractivity contribution in [1.82, 2.24) is 4.90 Å². The van der Waals surface area contributed by atoms with Gasteiger partial charge in [0.1, 0.15) is 0 Å². The highest BCUT2D eigenvalue weighted by atomic mass is 16.6. The summed E-state index contributed by atoms with van der Waals surface area (Å²) in [6, 6.07) is 5.86. The van der Waals surface area contributed by atoms with Crippen molar-refractivity contribution in [2.75, 3.05) is 13.6 Å². The van der Waals surface area contributed by atoms with Crippen molar-refractivity contribution in [3.05, 3.63) is 46.0 Å². The lowest BCUT2D eigenvalue weighted by Crippen LogP contribution is -2.27. The number of carboxylic acids is 1. The smallest absolute Gasteiger partial charge is 0.305 e. The Bertz CT molecular complexity index is 553. The molecule has 0 saturated heterocycles. The summed E-state index contributed by atoms with van der Waals surface area (Å²) >= 11 is 0.